The number of hydrogen-bond donors (Lipinski definition) is 2. The van der Waals surface area contributed by atoms with E-state index >= 15 is 0 Å². The Morgan fingerprint density at radius 3 is 2.50 bits per heavy atom. The van der Waals surface area contributed by atoms with Crippen molar-refractivity contribution >= 4 is 17.8 Å². The van der Waals surface area contributed by atoms with Crippen LogP contribution in [0.4, 0.5) is 5.69 Å². The number of para-hydroxylation sites is 1. The molecule has 2 N–H and O–H groups in total. The number of oxime groups is 1. The highest BCUT2D eigenvalue weighted by Gasteiger charge is 2.03. The zero-order valence-electron chi connectivity index (χ0n) is 10.7. The second-order valence-corrected chi connectivity index (χ2v) is 4.02. The van der Waals surface area contributed by atoms with Gasteiger partial charge in [0.1, 0.15) is 5.75 Å². The molecule has 0 aliphatic heterocycles. The summed E-state index contributed by atoms with van der Waals surface area (Å²) in [4.78, 5) is 11.7. The highest BCUT2D eigenvalue weighted by molar-refractivity contribution is 5.91. The van der Waals surface area contributed by atoms with Crippen LogP contribution in [0.5, 0.6) is 5.75 Å². The molecule has 0 unspecified atom stereocenters. The summed E-state index contributed by atoms with van der Waals surface area (Å²) in [6, 6.07) is 16.0. The standard InChI is InChI=1S/C15H14N2O3/c18-15(17-13-4-2-1-3-5-13)11-20-14-8-6-12(7-9-14)10-16-19/h1-10,19H,11H2,(H,17,18). The van der Waals surface area contributed by atoms with Crippen molar-refractivity contribution in [3.63, 3.8) is 0 Å². The molecule has 0 bridgehead atoms. The van der Waals surface area contributed by atoms with Crippen LogP contribution in [0.15, 0.2) is 59.8 Å². The van der Waals surface area contributed by atoms with Crippen LogP contribution in [0.3, 0.4) is 0 Å². The molecule has 0 aliphatic carbocycles. The van der Waals surface area contributed by atoms with Gasteiger partial charge >= 0.3 is 0 Å². The molecule has 0 fully saturated rings. The molecule has 1 amide bonds. The van der Waals surface area contributed by atoms with Crippen molar-refractivity contribution in [3.8, 4) is 5.75 Å². The van der Waals surface area contributed by atoms with Crippen LogP contribution in [0.25, 0.3) is 0 Å². The third-order valence-electron chi connectivity index (χ3n) is 2.51. The van der Waals surface area contributed by atoms with Crippen molar-refractivity contribution in [1.82, 2.24) is 0 Å². The third-order valence-corrected chi connectivity index (χ3v) is 2.51. The minimum Gasteiger partial charge on any atom is -0.484 e. The van der Waals surface area contributed by atoms with Crippen molar-refractivity contribution in [3.05, 3.63) is 60.2 Å². The molecule has 0 atom stereocenters. The maximum absolute atomic E-state index is 11.7. The molecular weight excluding hydrogens is 256 g/mol. The first-order chi connectivity index (χ1) is 9.78. The van der Waals surface area contributed by atoms with E-state index in [9.17, 15) is 4.79 Å². The van der Waals surface area contributed by atoms with Crippen LogP contribution in [-0.2, 0) is 4.79 Å². The van der Waals surface area contributed by atoms with Crippen molar-refractivity contribution in [2.45, 2.75) is 0 Å². The lowest BCUT2D eigenvalue weighted by Crippen LogP contribution is -2.20. The van der Waals surface area contributed by atoms with E-state index < -0.39 is 0 Å². The van der Waals surface area contributed by atoms with Crippen molar-refractivity contribution in [2.75, 3.05) is 11.9 Å². The minimum absolute atomic E-state index is 0.0671. The maximum Gasteiger partial charge on any atom is 0.262 e. The number of benzene rings is 2. The van der Waals surface area contributed by atoms with E-state index in [0.717, 1.165) is 11.3 Å². The fraction of sp³-hybridized carbons (Fsp3) is 0.0667. The summed E-state index contributed by atoms with van der Waals surface area (Å²) in [5, 5.41) is 14.0. The summed E-state index contributed by atoms with van der Waals surface area (Å²) in [6.45, 7) is -0.0671. The van der Waals surface area contributed by atoms with E-state index in [0.29, 0.717) is 5.75 Å². The first kappa shape index (κ1) is 13.6. The lowest BCUT2D eigenvalue weighted by molar-refractivity contribution is -0.118. The van der Waals surface area contributed by atoms with Gasteiger partial charge in [-0.2, -0.15) is 0 Å². The topological polar surface area (TPSA) is 70.9 Å². The van der Waals surface area contributed by atoms with Gasteiger partial charge in [-0.25, -0.2) is 0 Å². The molecule has 102 valence electrons. The van der Waals surface area contributed by atoms with Gasteiger partial charge in [-0.15, -0.1) is 0 Å². The van der Waals surface area contributed by atoms with Crippen LogP contribution in [0, 0.1) is 0 Å². The van der Waals surface area contributed by atoms with Crippen molar-refractivity contribution in [1.29, 1.82) is 0 Å². The molecule has 5 nitrogen and oxygen atoms in total. The zero-order valence-corrected chi connectivity index (χ0v) is 10.7. The predicted octanol–water partition coefficient (Wildman–Crippen LogP) is 2.51. The number of hydrogen-bond acceptors (Lipinski definition) is 4. The van der Waals surface area contributed by atoms with Gasteiger partial charge in [0, 0.05) is 5.69 Å². The average molecular weight is 270 g/mol. The monoisotopic (exact) mass is 270 g/mol. The molecule has 0 heterocycles. The highest BCUT2D eigenvalue weighted by Crippen LogP contribution is 2.11. The Hall–Kier alpha value is -2.82. The van der Waals surface area contributed by atoms with Crippen molar-refractivity contribution < 1.29 is 14.7 Å². The first-order valence-corrected chi connectivity index (χ1v) is 6.03. The number of nitrogens with zero attached hydrogens (tertiary/aromatic N) is 1. The molecule has 0 aliphatic rings. The summed E-state index contributed by atoms with van der Waals surface area (Å²) >= 11 is 0. The fourth-order valence-corrected chi connectivity index (χ4v) is 1.58. The van der Waals surface area contributed by atoms with Crippen LogP contribution in [0.1, 0.15) is 5.56 Å². The Bertz CT molecular complexity index is 580. The number of amides is 1. The SMILES string of the molecule is O=C(COc1ccc(C=NO)cc1)Nc1ccccc1. The van der Waals surface area contributed by atoms with Crippen LogP contribution < -0.4 is 10.1 Å². The molecule has 2 aromatic rings. The zero-order chi connectivity index (χ0) is 14.2. The number of ether oxygens (including phenoxy) is 1. The maximum atomic E-state index is 11.7. The van der Waals surface area contributed by atoms with Gasteiger partial charge < -0.3 is 15.3 Å². The quantitative estimate of drug-likeness (QED) is 0.498. The molecule has 2 rings (SSSR count). The van der Waals surface area contributed by atoms with Gasteiger partial charge in [-0.3, -0.25) is 4.79 Å². The number of carbonyl (C=O) groups excluding carboxylic acids is 1. The van der Waals surface area contributed by atoms with Gasteiger partial charge in [0.15, 0.2) is 6.61 Å². The summed E-state index contributed by atoms with van der Waals surface area (Å²) in [5.41, 5.74) is 1.48. The molecule has 0 radical (unpaired) electrons. The number of anilines is 1. The summed E-state index contributed by atoms with van der Waals surface area (Å²) in [6.07, 6.45) is 1.31. The van der Waals surface area contributed by atoms with Gasteiger partial charge in [-0.1, -0.05) is 23.4 Å². The molecule has 0 aromatic heterocycles. The average Bonchev–Trinajstić information content (AvgIpc) is 2.48. The lowest BCUT2D eigenvalue weighted by Gasteiger charge is -2.07. The van der Waals surface area contributed by atoms with Crippen LogP contribution in [0.2, 0.25) is 0 Å². The molecule has 2 aromatic carbocycles. The molecular formula is C15H14N2O3. The Kier molecular flexibility index (Phi) is 4.72. The van der Waals surface area contributed by atoms with Crippen molar-refractivity contribution in [2.24, 2.45) is 5.16 Å². The van der Waals surface area contributed by atoms with Crippen LogP contribution in [-0.4, -0.2) is 23.9 Å². The van der Waals surface area contributed by atoms with E-state index in [1.54, 1.807) is 36.4 Å². The Labute approximate surface area is 116 Å². The number of nitrogens with one attached hydrogen (secondary N) is 1. The van der Waals surface area contributed by atoms with Gasteiger partial charge in [0.05, 0.1) is 6.21 Å². The molecule has 0 saturated carbocycles. The summed E-state index contributed by atoms with van der Waals surface area (Å²) in [7, 11) is 0. The Balaban J connectivity index is 1.84. The molecule has 20 heavy (non-hydrogen) atoms. The van der Waals surface area contributed by atoms with E-state index in [1.165, 1.54) is 6.21 Å². The minimum atomic E-state index is -0.225. The number of rotatable bonds is 5. The molecule has 0 spiro atoms. The summed E-state index contributed by atoms with van der Waals surface area (Å²) in [5.74, 6) is 0.348. The van der Waals surface area contributed by atoms with E-state index in [4.69, 9.17) is 9.94 Å². The van der Waals surface area contributed by atoms with E-state index in [-0.39, 0.29) is 12.5 Å². The van der Waals surface area contributed by atoms with E-state index in [1.807, 2.05) is 18.2 Å². The number of carbonyl (C=O) groups is 1. The Morgan fingerprint density at radius 1 is 1.15 bits per heavy atom. The highest BCUT2D eigenvalue weighted by atomic mass is 16.5. The normalized spacial score (nSPS) is 10.4. The van der Waals surface area contributed by atoms with Gasteiger partial charge in [0.25, 0.3) is 5.91 Å². The first-order valence-electron chi connectivity index (χ1n) is 6.03. The van der Waals surface area contributed by atoms with Gasteiger partial charge in [-0.05, 0) is 42.0 Å². The van der Waals surface area contributed by atoms with Gasteiger partial charge in [0.2, 0.25) is 0 Å². The second kappa shape index (κ2) is 6.94. The fourth-order valence-electron chi connectivity index (χ4n) is 1.58. The van der Waals surface area contributed by atoms with Crippen LogP contribution >= 0.6 is 0 Å². The molecule has 0 saturated heterocycles. The van der Waals surface area contributed by atoms with E-state index in [2.05, 4.69) is 10.5 Å². The third kappa shape index (κ3) is 4.13. The smallest absolute Gasteiger partial charge is 0.262 e. The molecule has 5 heteroatoms. The largest absolute Gasteiger partial charge is 0.484 e. The summed E-state index contributed by atoms with van der Waals surface area (Å²) < 4.78 is 5.35. The predicted molar refractivity (Wildman–Crippen MR) is 76.4 cm³/mol. The lowest BCUT2D eigenvalue weighted by atomic mass is 10.2. The second-order valence-electron chi connectivity index (χ2n) is 4.02. The Morgan fingerprint density at radius 2 is 1.85 bits per heavy atom.